The van der Waals surface area contributed by atoms with Crippen LogP contribution in [0.15, 0.2) is 18.2 Å². The molecule has 5 nitrogen and oxygen atoms in total. The van der Waals surface area contributed by atoms with Crippen LogP contribution in [0.4, 0.5) is 11.4 Å². The first-order chi connectivity index (χ1) is 9.43. The predicted octanol–water partition coefficient (Wildman–Crippen LogP) is 3.98. The minimum Gasteiger partial charge on any atom is -0.380 e. The van der Waals surface area contributed by atoms with Crippen LogP contribution in [-0.2, 0) is 11.3 Å². The predicted molar refractivity (Wildman–Crippen MR) is 81.0 cm³/mol. The van der Waals surface area contributed by atoms with Gasteiger partial charge < -0.3 is 10.1 Å². The fourth-order valence-corrected chi connectivity index (χ4v) is 2.13. The summed E-state index contributed by atoms with van der Waals surface area (Å²) in [6, 6.07) is 5.08. The smallest absolute Gasteiger partial charge is 0.292 e. The average molecular weight is 280 g/mol. The van der Waals surface area contributed by atoms with Gasteiger partial charge in [-0.3, -0.25) is 10.1 Å². The summed E-state index contributed by atoms with van der Waals surface area (Å²) in [5, 5.41) is 14.0. The zero-order chi connectivity index (χ0) is 15.1. The summed E-state index contributed by atoms with van der Waals surface area (Å²) >= 11 is 0. The zero-order valence-electron chi connectivity index (χ0n) is 12.7. The third kappa shape index (κ3) is 5.17. The molecule has 0 aromatic heterocycles. The molecule has 1 unspecified atom stereocenters. The Labute approximate surface area is 120 Å². The molecule has 0 aliphatic carbocycles. The Morgan fingerprint density at radius 2 is 2.05 bits per heavy atom. The van der Waals surface area contributed by atoms with Crippen LogP contribution in [0.3, 0.4) is 0 Å². The summed E-state index contributed by atoms with van der Waals surface area (Å²) in [5.74, 6) is 0.596. The second kappa shape index (κ2) is 7.85. The highest BCUT2D eigenvalue weighted by Crippen LogP contribution is 2.26. The van der Waals surface area contributed by atoms with E-state index in [1.165, 1.54) is 6.07 Å². The van der Waals surface area contributed by atoms with Crippen molar-refractivity contribution in [1.82, 2.24) is 0 Å². The van der Waals surface area contributed by atoms with Crippen molar-refractivity contribution in [3.63, 3.8) is 0 Å². The molecule has 1 atom stereocenters. The molecule has 0 saturated heterocycles. The molecule has 1 rings (SSSR count). The normalized spacial score (nSPS) is 12.4. The molecule has 1 aromatic rings. The maximum Gasteiger partial charge on any atom is 0.292 e. The molecular formula is C15H24N2O3. The lowest BCUT2D eigenvalue weighted by atomic mass is 10.1. The molecule has 0 saturated carbocycles. The number of rotatable bonds is 8. The van der Waals surface area contributed by atoms with Gasteiger partial charge in [0.2, 0.25) is 0 Å². The monoisotopic (exact) mass is 280 g/mol. The fourth-order valence-electron chi connectivity index (χ4n) is 2.13. The Kier molecular flexibility index (Phi) is 6.45. The van der Waals surface area contributed by atoms with Gasteiger partial charge in [0.15, 0.2) is 0 Å². The van der Waals surface area contributed by atoms with Crippen LogP contribution < -0.4 is 5.32 Å². The molecule has 1 aromatic carbocycles. The van der Waals surface area contributed by atoms with Crippen molar-refractivity contribution >= 4 is 11.4 Å². The van der Waals surface area contributed by atoms with Gasteiger partial charge in [0, 0.05) is 12.6 Å². The molecule has 0 heterocycles. The van der Waals surface area contributed by atoms with Gasteiger partial charge in [-0.25, -0.2) is 0 Å². The van der Waals surface area contributed by atoms with Crippen LogP contribution in [0.2, 0.25) is 0 Å². The molecule has 20 heavy (non-hydrogen) atoms. The van der Waals surface area contributed by atoms with Crippen molar-refractivity contribution < 1.29 is 9.66 Å². The van der Waals surface area contributed by atoms with Crippen molar-refractivity contribution in [2.45, 2.75) is 46.8 Å². The highest BCUT2D eigenvalue weighted by atomic mass is 16.6. The molecule has 1 N–H and O–H groups in total. The lowest BCUT2D eigenvalue weighted by Crippen LogP contribution is -2.11. The van der Waals surface area contributed by atoms with Crippen LogP contribution in [0.1, 0.15) is 39.7 Å². The first kappa shape index (κ1) is 16.4. The maximum atomic E-state index is 10.9. The molecule has 0 aliphatic heterocycles. The Bertz CT molecular complexity index is 447. The minimum atomic E-state index is -0.371. The molecular weight excluding hydrogens is 256 g/mol. The van der Waals surface area contributed by atoms with E-state index in [2.05, 4.69) is 26.1 Å². The first-order valence-electron chi connectivity index (χ1n) is 7.06. The van der Waals surface area contributed by atoms with Gasteiger partial charge >= 0.3 is 0 Å². The van der Waals surface area contributed by atoms with Gasteiger partial charge in [0.05, 0.1) is 17.6 Å². The molecule has 112 valence electrons. The van der Waals surface area contributed by atoms with Crippen LogP contribution >= 0.6 is 0 Å². The summed E-state index contributed by atoms with van der Waals surface area (Å²) in [6.07, 6.45) is 1.19. The molecule has 0 radical (unpaired) electrons. The Balaban J connectivity index is 2.72. The highest BCUT2D eigenvalue weighted by Gasteiger charge is 2.14. The summed E-state index contributed by atoms with van der Waals surface area (Å²) in [4.78, 5) is 10.6. The van der Waals surface area contributed by atoms with E-state index in [-0.39, 0.29) is 16.7 Å². The fraction of sp³-hybridized carbons (Fsp3) is 0.600. The summed E-state index contributed by atoms with van der Waals surface area (Å²) in [6.45, 7) is 9.41. The standard InChI is InChI=1S/C15H24N2O3/c1-5-16-14-9-13(6-7-15(14)17(18)19)10-20-12(4)8-11(2)3/h6-7,9,11-12,16H,5,8,10H2,1-4H3. The van der Waals surface area contributed by atoms with Gasteiger partial charge in [-0.05, 0) is 43.9 Å². The van der Waals surface area contributed by atoms with E-state index in [9.17, 15) is 10.1 Å². The number of benzene rings is 1. The van der Waals surface area contributed by atoms with E-state index in [0.717, 1.165) is 12.0 Å². The molecule has 0 aliphatic rings. The van der Waals surface area contributed by atoms with Crippen LogP contribution in [0.5, 0.6) is 0 Å². The summed E-state index contributed by atoms with van der Waals surface area (Å²) < 4.78 is 5.77. The van der Waals surface area contributed by atoms with Crippen molar-refractivity contribution in [2.75, 3.05) is 11.9 Å². The number of hydrogen-bond donors (Lipinski definition) is 1. The molecule has 0 fully saturated rings. The average Bonchev–Trinajstić information content (AvgIpc) is 2.36. The van der Waals surface area contributed by atoms with E-state index in [1.54, 1.807) is 12.1 Å². The van der Waals surface area contributed by atoms with Crippen LogP contribution in [0, 0.1) is 16.0 Å². The number of nitro benzene ring substituents is 1. The Morgan fingerprint density at radius 3 is 2.60 bits per heavy atom. The number of nitrogens with zero attached hydrogens (tertiary/aromatic N) is 1. The van der Waals surface area contributed by atoms with E-state index in [0.29, 0.717) is 24.8 Å². The number of nitrogens with one attached hydrogen (secondary N) is 1. The van der Waals surface area contributed by atoms with Gasteiger partial charge in [-0.15, -0.1) is 0 Å². The maximum absolute atomic E-state index is 10.9. The number of hydrogen-bond acceptors (Lipinski definition) is 4. The molecule has 5 heteroatoms. The topological polar surface area (TPSA) is 64.4 Å². The SMILES string of the molecule is CCNc1cc(COC(C)CC(C)C)ccc1[N+](=O)[O-]. The van der Waals surface area contributed by atoms with Crippen molar-refractivity contribution in [2.24, 2.45) is 5.92 Å². The van der Waals surface area contributed by atoms with Gasteiger partial charge in [-0.2, -0.15) is 0 Å². The number of ether oxygens (including phenoxy) is 1. The molecule has 0 spiro atoms. The first-order valence-corrected chi connectivity index (χ1v) is 7.06. The van der Waals surface area contributed by atoms with Crippen LogP contribution in [-0.4, -0.2) is 17.6 Å². The zero-order valence-corrected chi connectivity index (χ0v) is 12.7. The minimum absolute atomic E-state index is 0.103. The quantitative estimate of drug-likeness (QED) is 0.578. The highest BCUT2D eigenvalue weighted by molar-refractivity contribution is 5.62. The largest absolute Gasteiger partial charge is 0.380 e. The van der Waals surface area contributed by atoms with E-state index >= 15 is 0 Å². The second-order valence-corrected chi connectivity index (χ2v) is 5.39. The van der Waals surface area contributed by atoms with Gasteiger partial charge in [0.25, 0.3) is 5.69 Å². The third-order valence-corrected chi connectivity index (χ3v) is 2.96. The Morgan fingerprint density at radius 1 is 1.35 bits per heavy atom. The van der Waals surface area contributed by atoms with Gasteiger partial charge in [-0.1, -0.05) is 13.8 Å². The number of anilines is 1. The summed E-state index contributed by atoms with van der Waals surface area (Å²) in [5.41, 5.74) is 1.60. The Hall–Kier alpha value is -1.62. The number of nitro groups is 1. The van der Waals surface area contributed by atoms with Crippen molar-refractivity contribution in [1.29, 1.82) is 0 Å². The van der Waals surface area contributed by atoms with E-state index in [4.69, 9.17) is 4.74 Å². The third-order valence-electron chi connectivity index (χ3n) is 2.96. The second-order valence-electron chi connectivity index (χ2n) is 5.39. The summed E-state index contributed by atoms with van der Waals surface area (Å²) in [7, 11) is 0. The van der Waals surface area contributed by atoms with Crippen LogP contribution in [0.25, 0.3) is 0 Å². The van der Waals surface area contributed by atoms with Gasteiger partial charge in [0.1, 0.15) is 5.69 Å². The lowest BCUT2D eigenvalue weighted by Gasteiger charge is -2.15. The van der Waals surface area contributed by atoms with E-state index in [1.807, 2.05) is 6.92 Å². The lowest BCUT2D eigenvalue weighted by molar-refractivity contribution is -0.384. The molecule has 0 bridgehead atoms. The van der Waals surface area contributed by atoms with Crippen molar-refractivity contribution in [3.05, 3.63) is 33.9 Å². The molecule has 0 amide bonds. The van der Waals surface area contributed by atoms with E-state index < -0.39 is 0 Å². The van der Waals surface area contributed by atoms with Crippen molar-refractivity contribution in [3.8, 4) is 0 Å².